The Balaban J connectivity index is 4.53. The van der Waals surface area contributed by atoms with E-state index in [1.807, 2.05) is 12.2 Å². The van der Waals surface area contributed by atoms with E-state index < -0.39 is 6.10 Å². The molecule has 0 radical (unpaired) electrons. The van der Waals surface area contributed by atoms with E-state index in [-0.39, 0.29) is 37.5 Å². The number of carbonyl (C=O) groups excluding carboxylic acids is 3. The van der Waals surface area contributed by atoms with E-state index in [1.165, 1.54) is 51.4 Å². The first-order chi connectivity index (χ1) is 31.0. The Bertz CT molecular complexity index is 1330. The van der Waals surface area contributed by atoms with Gasteiger partial charge in [-0.2, -0.15) is 0 Å². The summed E-state index contributed by atoms with van der Waals surface area (Å²) in [5.41, 5.74) is 0. The monoisotopic (exact) mass is 873 g/mol. The van der Waals surface area contributed by atoms with Crippen LogP contribution in [0.2, 0.25) is 0 Å². The Morgan fingerprint density at radius 3 is 1.13 bits per heavy atom. The summed E-state index contributed by atoms with van der Waals surface area (Å²) in [6.07, 6.45) is 67.9. The maximum absolute atomic E-state index is 12.8. The molecule has 0 aliphatic rings. The third-order valence-electron chi connectivity index (χ3n) is 10.2. The van der Waals surface area contributed by atoms with Crippen molar-refractivity contribution < 1.29 is 28.6 Å². The van der Waals surface area contributed by atoms with E-state index in [0.29, 0.717) is 19.3 Å². The number of esters is 3. The van der Waals surface area contributed by atoms with Crippen LogP contribution < -0.4 is 0 Å². The zero-order valence-electron chi connectivity index (χ0n) is 40.5. The molecule has 0 bridgehead atoms. The topological polar surface area (TPSA) is 78.9 Å². The molecule has 0 fully saturated rings. The van der Waals surface area contributed by atoms with E-state index in [4.69, 9.17) is 14.2 Å². The normalized spacial score (nSPS) is 13.0. The molecule has 6 heteroatoms. The molecule has 0 saturated carbocycles. The van der Waals surface area contributed by atoms with Gasteiger partial charge in [0.2, 0.25) is 0 Å². The fourth-order valence-corrected chi connectivity index (χ4v) is 6.42. The molecule has 0 spiro atoms. The summed E-state index contributed by atoms with van der Waals surface area (Å²) in [5, 5.41) is 0. The van der Waals surface area contributed by atoms with E-state index >= 15 is 0 Å². The molecule has 356 valence electrons. The maximum atomic E-state index is 12.8. The number of carbonyl (C=O) groups is 3. The number of hydrogen-bond donors (Lipinski definition) is 0. The van der Waals surface area contributed by atoms with Gasteiger partial charge in [-0.25, -0.2) is 0 Å². The van der Waals surface area contributed by atoms with Gasteiger partial charge in [0.25, 0.3) is 0 Å². The van der Waals surface area contributed by atoms with Crippen LogP contribution >= 0.6 is 0 Å². The number of allylic oxidation sites excluding steroid dienone is 18. The smallest absolute Gasteiger partial charge is 0.306 e. The lowest BCUT2D eigenvalue weighted by molar-refractivity contribution is -0.166. The first-order valence-corrected chi connectivity index (χ1v) is 25.4. The number of rotatable bonds is 44. The van der Waals surface area contributed by atoms with Crippen LogP contribution in [0.4, 0.5) is 0 Å². The Kier molecular flexibility index (Phi) is 47.5. The van der Waals surface area contributed by atoms with Gasteiger partial charge in [-0.1, -0.05) is 194 Å². The van der Waals surface area contributed by atoms with Crippen molar-refractivity contribution in [2.75, 3.05) is 13.2 Å². The Morgan fingerprint density at radius 1 is 0.333 bits per heavy atom. The largest absolute Gasteiger partial charge is 0.462 e. The van der Waals surface area contributed by atoms with Crippen molar-refractivity contribution >= 4 is 17.9 Å². The van der Waals surface area contributed by atoms with Crippen LogP contribution in [-0.4, -0.2) is 37.2 Å². The van der Waals surface area contributed by atoms with Gasteiger partial charge in [0.05, 0.1) is 0 Å². The molecule has 6 nitrogen and oxygen atoms in total. The molecule has 0 aromatic heterocycles. The average Bonchev–Trinajstić information content (AvgIpc) is 3.28. The summed E-state index contributed by atoms with van der Waals surface area (Å²) in [6.45, 7) is 6.35. The van der Waals surface area contributed by atoms with Gasteiger partial charge >= 0.3 is 17.9 Å². The van der Waals surface area contributed by atoms with Gasteiger partial charge in [0, 0.05) is 19.3 Å². The highest BCUT2D eigenvalue weighted by atomic mass is 16.6. The quantitative estimate of drug-likeness (QED) is 0.0263. The maximum Gasteiger partial charge on any atom is 0.306 e. The molecule has 0 aliphatic heterocycles. The van der Waals surface area contributed by atoms with Crippen molar-refractivity contribution in [1.29, 1.82) is 0 Å². The summed E-state index contributed by atoms with van der Waals surface area (Å²) >= 11 is 0. The highest BCUT2D eigenvalue weighted by molar-refractivity contribution is 5.71. The first-order valence-electron chi connectivity index (χ1n) is 25.4. The lowest BCUT2D eigenvalue weighted by atomic mass is 10.1. The van der Waals surface area contributed by atoms with Crippen molar-refractivity contribution in [1.82, 2.24) is 0 Å². The molecule has 0 N–H and O–H groups in total. The molecule has 0 saturated heterocycles. The molecule has 63 heavy (non-hydrogen) atoms. The minimum atomic E-state index is -0.820. The molecule has 0 aromatic rings. The lowest BCUT2D eigenvalue weighted by Gasteiger charge is -2.18. The minimum Gasteiger partial charge on any atom is -0.462 e. The molecule has 0 heterocycles. The molecule has 0 rings (SSSR count). The summed E-state index contributed by atoms with van der Waals surface area (Å²) < 4.78 is 16.7. The van der Waals surface area contributed by atoms with Crippen molar-refractivity contribution in [2.45, 2.75) is 219 Å². The third-order valence-corrected chi connectivity index (χ3v) is 10.2. The standard InChI is InChI=1S/C57H92O6/c1-4-7-10-13-16-19-22-24-26-27-28-29-31-32-35-38-41-44-47-50-56(59)62-53-54(52-61-55(58)49-46-43-40-37-34-21-18-15-12-9-6-3)63-57(60)51-48-45-42-39-36-33-30-25-23-20-17-14-11-8-5-2/h7,10,15-20,24-26,28-30,32,35,41,44,54H,4-6,8-9,11-14,21-23,27,31,33-34,36-40,42-43,45-53H2,1-3H3/b10-7-,18-15-,19-16-,20-17-,26-24-,29-28-,30-25-,35-32-,44-41-/t54-/m0/s1. The molecule has 1 atom stereocenters. The van der Waals surface area contributed by atoms with Crippen LogP contribution in [0.15, 0.2) is 109 Å². The second-order valence-corrected chi connectivity index (χ2v) is 16.3. The molecule has 0 aliphatic carbocycles. The van der Waals surface area contributed by atoms with E-state index in [2.05, 4.69) is 118 Å². The number of ether oxygens (including phenoxy) is 3. The van der Waals surface area contributed by atoms with Crippen LogP contribution in [0.25, 0.3) is 0 Å². The van der Waals surface area contributed by atoms with Crippen LogP contribution in [-0.2, 0) is 28.6 Å². The van der Waals surface area contributed by atoms with Crippen molar-refractivity contribution in [2.24, 2.45) is 0 Å². The van der Waals surface area contributed by atoms with Crippen molar-refractivity contribution in [3.05, 3.63) is 109 Å². The second kappa shape index (κ2) is 50.7. The highest BCUT2D eigenvalue weighted by Gasteiger charge is 2.19. The van der Waals surface area contributed by atoms with Gasteiger partial charge in [0.15, 0.2) is 6.10 Å². The minimum absolute atomic E-state index is 0.114. The fraction of sp³-hybridized carbons (Fsp3) is 0.632. The van der Waals surface area contributed by atoms with Crippen LogP contribution in [0, 0.1) is 0 Å². The average molecular weight is 873 g/mol. The lowest BCUT2D eigenvalue weighted by Crippen LogP contribution is -2.30. The van der Waals surface area contributed by atoms with E-state index in [1.54, 1.807) is 0 Å². The highest BCUT2D eigenvalue weighted by Crippen LogP contribution is 2.12. The Morgan fingerprint density at radius 2 is 0.667 bits per heavy atom. The predicted molar refractivity (Wildman–Crippen MR) is 270 cm³/mol. The van der Waals surface area contributed by atoms with Crippen LogP contribution in [0.1, 0.15) is 213 Å². The SMILES string of the molecule is CC/C=C\C/C=C\C/C=C\C/C=C\C/C=C\C/C=C\CCC(=O)OC[C@H](COC(=O)CCCCCCC/C=C\CCCC)OC(=O)CCCCCCC/C=C\C/C=C\CCCCC. The van der Waals surface area contributed by atoms with Gasteiger partial charge in [-0.3, -0.25) is 14.4 Å². The van der Waals surface area contributed by atoms with Gasteiger partial charge in [-0.15, -0.1) is 0 Å². The Hall–Kier alpha value is -3.93. The van der Waals surface area contributed by atoms with Gasteiger partial charge in [0.1, 0.15) is 13.2 Å². The third kappa shape index (κ3) is 49.0. The van der Waals surface area contributed by atoms with Gasteiger partial charge < -0.3 is 14.2 Å². The summed E-state index contributed by atoms with van der Waals surface area (Å²) in [7, 11) is 0. The Labute approximate surface area is 387 Å². The molecule has 0 unspecified atom stereocenters. The molecule has 0 aromatic carbocycles. The number of hydrogen-bond acceptors (Lipinski definition) is 6. The summed E-state index contributed by atoms with van der Waals surface area (Å²) in [5.74, 6) is -1.03. The summed E-state index contributed by atoms with van der Waals surface area (Å²) in [6, 6.07) is 0. The number of unbranched alkanes of at least 4 members (excludes halogenated alkanes) is 15. The second-order valence-electron chi connectivity index (χ2n) is 16.3. The first kappa shape index (κ1) is 59.1. The van der Waals surface area contributed by atoms with Gasteiger partial charge in [-0.05, 0) is 109 Å². The van der Waals surface area contributed by atoms with Crippen LogP contribution in [0.5, 0.6) is 0 Å². The van der Waals surface area contributed by atoms with Crippen molar-refractivity contribution in [3.63, 3.8) is 0 Å². The zero-order valence-corrected chi connectivity index (χ0v) is 40.5. The summed E-state index contributed by atoms with van der Waals surface area (Å²) in [4.78, 5) is 37.9. The van der Waals surface area contributed by atoms with Crippen LogP contribution in [0.3, 0.4) is 0 Å². The molecule has 0 amide bonds. The van der Waals surface area contributed by atoms with Crippen molar-refractivity contribution in [3.8, 4) is 0 Å². The predicted octanol–water partition coefficient (Wildman–Crippen LogP) is 16.8. The van der Waals surface area contributed by atoms with E-state index in [0.717, 1.165) is 116 Å². The fourth-order valence-electron chi connectivity index (χ4n) is 6.42. The van der Waals surface area contributed by atoms with E-state index in [9.17, 15) is 14.4 Å². The molecular formula is C57H92O6. The zero-order chi connectivity index (χ0) is 45.8. The molecular weight excluding hydrogens is 781 g/mol.